The number of ether oxygens (including phenoxy) is 1. The molecule has 0 atom stereocenters. The Kier molecular flexibility index (Phi) is 7.64. The summed E-state index contributed by atoms with van der Waals surface area (Å²) in [4.78, 5) is 16.7. The molecule has 0 aliphatic carbocycles. The highest BCUT2D eigenvalue weighted by Gasteiger charge is 2.16. The lowest BCUT2D eigenvalue weighted by Gasteiger charge is -2.36. The van der Waals surface area contributed by atoms with Crippen molar-refractivity contribution in [3.8, 4) is 5.75 Å². The first-order valence-corrected chi connectivity index (χ1v) is 9.97. The molecule has 1 fully saturated rings. The highest BCUT2D eigenvalue weighted by Crippen LogP contribution is 2.20. The molecule has 6 heteroatoms. The predicted molar refractivity (Wildman–Crippen MR) is 115 cm³/mol. The van der Waals surface area contributed by atoms with E-state index >= 15 is 0 Å². The Hall–Kier alpha value is -2.86. The number of amides is 1. The number of methoxy groups -OCH3 is 1. The third kappa shape index (κ3) is 6.32. The molecule has 1 N–H and O–H groups in total. The van der Waals surface area contributed by atoms with Crippen molar-refractivity contribution in [1.82, 2.24) is 10.2 Å². The smallest absolute Gasteiger partial charge is 0.244 e. The van der Waals surface area contributed by atoms with Gasteiger partial charge in [-0.3, -0.25) is 9.69 Å². The van der Waals surface area contributed by atoms with Gasteiger partial charge in [-0.1, -0.05) is 18.2 Å². The number of halogens is 1. The maximum Gasteiger partial charge on any atom is 0.244 e. The molecule has 3 rings (SSSR count). The Labute approximate surface area is 171 Å². The van der Waals surface area contributed by atoms with Crippen molar-refractivity contribution in [2.45, 2.75) is 6.42 Å². The number of hydrogen-bond donors (Lipinski definition) is 1. The first-order chi connectivity index (χ1) is 14.2. The van der Waals surface area contributed by atoms with E-state index in [1.54, 1.807) is 25.3 Å². The molecule has 29 heavy (non-hydrogen) atoms. The molecule has 1 saturated heterocycles. The molecule has 2 aromatic rings. The van der Waals surface area contributed by atoms with Crippen LogP contribution in [0.25, 0.3) is 6.08 Å². The summed E-state index contributed by atoms with van der Waals surface area (Å²) in [7, 11) is 1.68. The van der Waals surface area contributed by atoms with Crippen LogP contribution in [0.15, 0.2) is 54.6 Å². The highest BCUT2D eigenvalue weighted by atomic mass is 19.1. The van der Waals surface area contributed by atoms with Crippen molar-refractivity contribution in [3.05, 3.63) is 66.0 Å². The zero-order valence-corrected chi connectivity index (χ0v) is 16.8. The molecule has 2 aromatic carbocycles. The number of hydrogen-bond acceptors (Lipinski definition) is 4. The van der Waals surface area contributed by atoms with E-state index in [-0.39, 0.29) is 11.7 Å². The summed E-state index contributed by atoms with van der Waals surface area (Å²) in [6, 6.07) is 14.6. The van der Waals surface area contributed by atoms with Gasteiger partial charge in [-0.25, -0.2) is 4.39 Å². The fourth-order valence-electron chi connectivity index (χ4n) is 3.37. The SMILES string of the molecule is COc1ccc(N2CCN(CCCNC(=O)/C=C/c3ccccc3F)CC2)cc1. The van der Waals surface area contributed by atoms with E-state index in [0.717, 1.165) is 44.9 Å². The topological polar surface area (TPSA) is 44.8 Å². The second kappa shape index (κ2) is 10.6. The number of anilines is 1. The van der Waals surface area contributed by atoms with E-state index < -0.39 is 0 Å². The minimum atomic E-state index is -0.328. The van der Waals surface area contributed by atoms with Crippen LogP contribution >= 0.6 is 0 Å². The molecule has 5 nitrogen and oxygen atoms in total. The van der Waals surface area contributed by atoms with Crippen molar-refractivity contribution >= 4 is 17.7 Å². The van der Waals surface area contributed by atoms with Gasteiger partial charge >= 0.3 is 0 Å². The van der Waals surface area contributed by atoms with Crippen LogP contribution in [-0.2, 0) is 4.79 Å². The maximum absolute atomic E-state index is 13.5. The van der Waals surface area contributed by atoms with Gasteiger partial charge in [0.05, 0.1) is 7.11 Å². The van der Waals surface area contributed by atoms with Crippen LogP contribution in [0.1, 0.15) is 12.0 Å². The number of carbonyl (C=O) groups is 1. The van der Waals surface area contributed by atoms with Crippen molar-refractivity contribution in [2.75, 3.05) is 51.3 Å². The number of rotatable bonds is 8. The fourth-order valence-corrected chi connectivity index (χ4v) is 3.37. The Balaban J connectivity index is 1.32. The Bertz CT molecular complexity index is 815. The summed E-state index contributed by atoms with van der Waals surface area (Å²) in [5.74, 6) is 0.348. The quantitative estimate of drug-likeness (QED) is 0.549. The molecule has 1 aliphatic heterocycles. The Morgan fingerprint density at radius 1 is 1.10 bits per heavy atom. The molecule has 0 spiro atoms. The number of piperazine rings is 1. The second-order valence-electron chi connectivity index (χ2n) is 7.03. The highest BCUT2D eigenvalue weighted by molar-refractivity contribution is 5.91. The lowest BCUT2D eigenvalue weighted by molar-refractivity contribution is -0.116. The van der Waals surface area contributed by atoms with Gasteiger partial charge in [-0.05, 0) is 49.4 Å². The van der Waals surface area contributed by atoms with Crippen LogP contribution in [-0.4, -0.2) is 57.2 Å². The third-order valence-electron chi connectivity index (χ3n) is 5.08. The van der Waals surface area contributed by atoms with Crippen LogP contribution in [0.3, 0.4) is 0 Å². The average Bonchev–Trinajstić information content (AvgIpc) is 2.77. The largest absolute Gasteiger partial charge is 0.497 e. The van der Waals surface area contributed by atoms with E-state index in [1.165, 1.54) is 23.9 Å². The molecule has 154 valence electrons. The summed E-state index contributed by atoms with van der Waals surface area (Å²) in [5.41, 5.74) is 1.64. The fraction of sp³-hybridized carbons (Fsp3) is 0.348. The van der Waals surface area contributed by atoms with Crippen molar-refractivity contribution < 1.29 is 13.9 Å². The second-order valence-corrected chi connectivity index (χ2v) is 7.03. The molecule has 1 heterocycles. The number of nitrogens with zero attached hydrogens (tertiary/aromatic N) is 2. The zero-order valence-electron chi connectivity index (χ0n) is 16.8. The summed E-state index contributed by atoms with van der Waals surface area (Å²) in [6.45, 7) is 5.56. The van der Waals surface area contributed by atoms with E-state index in [1.807, 2.05) is 12.1 Å². The summed E-state index contributed by atoms with van der Waals surface area (Å²) >= 11 is 0. The summed E-state index contributed by atoms with van der Waals surface area (Å²) in [6.07, 6.45) is 3.77. The van der Waals surface area contributed by atoms with Crippen LogP contribution in [0.2, 0.25) is 0 Å². The Morgan fingerprint density at radius 2 is 1.83 bits per heavy atom. The van der Waals surface area contributed by atoms with Crippen LogP contribution < -0.4 is 15.0 Å². The van der Waals surface area contributed by atoms with Crippen molar-refractivity contribution in [2.24, 2.45) is 0 Å². The van der Waals surface area contributed by atoms with Gasteiger partial charge in [0.1, 0.15) is 11.6 Å². The van der Waals surface area contributed by atoms with Crippen molar-refractivity contribution in [1.29, 1.82) is 0 Å². The number of nitrogens with one attached hydrogen (secondary N) is 1. The molecule has 0 aromatic heterocycles. The molecule has 0 unspecified atom stereocenters. The van der Waals surface area contributed by atoms with Gasteiger partial charge in [0.2, 0.25) is 5.91 Å². The number of benzene rings is 2. The standard InChI is InChI=1S/C23H28FN3O2/c1-29-21-10-8-20(9-11-21)27-17-15-26(16-18-27)14-4-13-25-23(28)12-7-19-5-2-3-6-22(19)24/h2-3,5-12H,4,13-18H2,1H3,(H,25,28)/b12-7+. The van der Waals surface area contributed by atoms with Gasteiger partial charge < -0.3 is 15.0 Å². The van der Waals surface area contributed by atoms with E-state index in [0.29, 0.717) is 12.1 Å². The summed E-state index contributed by atoms with van der Waals surface area (Å²) < 4.78 is 18.7. The van der Waals surface area contributed by atoms with E-state index in [4.69, 9.17) is 4.74 Å². The normalized spacial score (nSPS) is 14.9. The first-order valence-electron chi connectivity index (χ1n) is 9.97. The van der Waals surface area contributed by atoms with Crippen LogP contribution in [0, 0.1) is 5.82 Å². The average molecular weight is 397 g/mol. The van der Waals surface area contributed by atoms with E-state index in [9.17, 15) is 9.18 Å². The summed E-state index contributed by atoms with van der Waals surface area (Å²) in [5, 5.41) is 2.86. The maximum atomic E-state index is 13.5. The van der Waals surface area contributed by atoms with Crippen LogP contribution in [0.5, 0.6) is 5.75 Å². The third-order valence-corrected chi connectivity index (χ3v) is 5.08. The molecule has 0 radical (unpaired) electrons. The zero-order chi connectivity index (χ0) is 20.5. The predicted octanol–water partition coefficient (Wildman–Crippen LogP) is 3.18. The van der Waals surface area contributed by atoms with Crippen LogP contribution in [0.4, 0.5) is 10.1 Å². The van der Waals surface area contributed by atoms with E-state index in [2.05, 4.69) is 27.2 Å². The van der Waals surface area contributed by atoms with Gasteiger partial charge in [0.15, 0.2) is 0 Å². The number of carbonyl (C=O) groups excluding carboxylic acids is 1. The molecule has 1 amide bonds. The molecular formula is C23H28FN3O2. The van der Waals surface area contributed by atoms with Gasteiger partial charge in [-0.2, -0.15) is 0 Å². The van der Waals surface area contributed by atoms with Gasteiger partial charge in [0.25, 0.3) is 0 Å². The molecule has 1 aliphatic rings. The minimum Gasteiger partial charge on any atom is -0.497 e. The molecule has 0 bridgehead atoms. The minimum absolute atomic E-state index is 0.197. The molecule has 0 saturated carbocycles. The molecular weight excluding hydrogens is 369 g/mol. The first kappa shape index (κ1) is 20.9. The monoisotopic (exact) mass is 397 g/mol. The van der Waals surface area contributed by atoms with Crippen molar-refractivity contribution in [3.63, 3.8) is 0 Å². The lowest BCUT2D eigenvalue weighted by atomic mass is 10.2. The Morgan fingerprint density at radius 3 is 2.52 bits per heavy atom. The van der Waals surface area contributed by atoms with Gasteiger partial charge in [0, 0.05) is 50.1 Å². The van der Waals surface area contributed by atoms with Gasteiger partial charge in [-0.15, -0.1) is 0 Å². The lowest BCUT2D eigenvalue weighted by Crippen LogP contribution is -2.47.